The van der Waals surface area contributed by atoms with Gasteiger partial charge < -0.3 is 11.1 Å². The van der Waals surface area contributed by atoms with Crippen molar-refractivity contribution < 1.29 is 4.79 Å². The minimum atomic E-state index is 0.0463. The summed E-state index contributed by atoms with van der Waals surface area (Å²) < 4.78 is 2.82. The SMILES string of the molecule is Cn1nc(CCN)c(Br)c1-c1ccc2c(c1)CC(=O)N2. The van der Waals surface area contributed by atoms with Crippen LogP contribution < -0.4 is 11.1 Å². The lowest BCUT2D eigenvalue weighted by Crippen LogP contribution is -2.04. The summed E-state index contributed by atoms with van der Waals surface area (Å²) in [5.41, 5.74) is 10.5. The van der Waals surface area contributed by atoms with Gasteiger partial charge in [-0.2, -0.15) is 5.10 Å². The Bertz CT molecular complexity index is 693. The van der Waals surface area contributed by atoms with E-state index in [2.05, 4.69) is 26.3 Å². The lowest BCUT2D eigenvalue weighted by atomic mass is 10.1. The molecule has 0 atom stereocenters. The summed E-state index contributed by atoms with van der Waals surface area (Å²) in [5.74, 6) is 0.0463. The monoisotopic (exact) mass is 334 g/mol. The Labute approximate surface area is 125 Å². The molecule has 1 aliphatic heterocycles. The molecule has 2 aromatic rings. The van der Waals surface area contributed by atoms with Crippen LogP contribution in [-0.4, -0.2) is 22.2 Å². The van der Waals surface area contributed by atoms with Gasteiger partial charge >= 0.3 is 0 Å². The molecule has 5 nitrogen and oxygen atoms in total. The van der Waals surface area contributed by atoms with Gasteiger partial charge in [0, 0.05) is 24.7 Å². The molecule has 0 spiro atoms. The van der Waals surface area contributed by atoms with Crippen LogP contribution in [0, 0.1) is 0 Å². The van der Waals surface area contributed by atoms with Crippen molar-refractivity contribution in [2.24, 2.45) is 12.8 Å². The van der Waals surface area contributed by atoms with E-state index in [4.69, 9.17) is 5.73 Å². The van der Waals surface area contributed by atoms with Crippen LogP contribution in [0.25, 0.3) is 11.3 Å². The molecule has 0 aliphatic carbocycles. The van der Waals surface area contributed by atoms with Crippen LogP contribution in [0.2, 0.25) is 0 Å². The first-order valence-electron chi connectivity index (χ1n) is 6.44. The average Bonchev–Trinajstić information content (AvgIpc) is 2.89. The van der Waals surface area contributed by atoms with E-state index in [0.717, 1.165) is 39.1 Å². The molecule has 1 aromatic carbocycles. The Hall–Kier alpha value is -1.66. The number of rotatable bonds is 3. The number of nitrogens with zero attached hydrogens (tertiary/aromatic N) is 2. The summed E-state index contributed by atoms with van der Waals surface area (Å²) in [4.78, 5) is 11.4. The number of carbonyl (C=O) groups is 1. The van der Waals surface area contributed by atoms with Gasteiger partial charge in [0.2, 0.25) is 5.91 Å². The number of aryl methyl sites for hydroxylation is 1. The highest BCUT2D eigenvalue weighted by Gasteiger charge is 2.20. The van der Waals surface area contributed by atoms with Gasteiger partial charge in [0.05, 0.1) is 22.3 Å². The normalized spacial score (nSPS) is 13.4. The van der Waals surface area contributed by atoms with Crippen molar-refractivity contribution >= 4 is 27.5 Å². The summed E-state index contributed by atoms with van der Waals surface area (Å²) in [6.07, 6.45) is 1.17. The molecule has 0 saturated heterocycles. The second kappa shape index (κ2) is 5.03. The third-order valence-electron chi connectivity index (χ3n) is 3.44. The van der Waals surface area contributed by atoms with Gasteiger partial charge in [-0.1, -0.05) is 6.07 Å². The van der Waals surface area contributed by atoms with Crippen LogP contribution in [0.15, 0.2) is 22.7 Å². The number of nitrogens with two attached hydrogens (primary N) is 1. The molecule has 2 heterocycles. The van der Waals surface area contributed by atoms with Crippen molar-refractivity contribution in [1.29, 1.82) is 0 Å². The molecule has 1 aromatic heterocycles. The number of benzene rings is 1. The van der Waals surface area contributed by atoms with Gasteiger partial charge in [0.15, 0.2) is 0 Å². The first-order valence-corrected chi connectivity index (χ1v) is 7.24. The summed E-state index contributed by atoms with van der Waals surface area (Å²) in [5, 5.41) is 7.33. The third kappa shape index (κ3) is 2.14. The second-order valence-electron chi connectivity index (χ2n) is 4.87. The van der Waals surface area contributed by atoms with Crippen molar-refractivity contribution in [3.8, 4) is 11.3 Å². The molecule has 6 heteroatoms. The zero-order valence-electron chi connectivity index (χ0n) is 11.1. The minimum absolute atomic E-state index is 0.0463. The van der Waals surface area contributed by atoms with Crippen molar-refractivity contribution in [2.75, 3.05) is 11.9 Å². The molecule has 1 amide bonds. The Morgan fingerprint density at radius 1 is 1.50 bits per heavy atom. The highest BCUT2D eigenvalue weighted by molar-refractivity contribution is 9.10. The van der Waals surface area contributed by atoms with Crippen molar-refractivity contribution in [1.82, 2.24) is 9.78 Å². The molecular weight excluding hydrogens is 320 g/mol. The number of anilines is 1. The fourth-order valence-corrected chi connectivity index (χ4v) is 3.30. The average molecular weight is 335 g/mol. The van der Waals surface area contributed by atoms with E-state index < -0.39 is 0 Å². The van der Waals surface area contributed by atoms with E-state index in [-0.39, 0.29) is 5.91 Å². The van der Waals surface area contributed by atoms with Crippen LogP contribution >= 0.6 is 15.9 Å². The van der Waals surface area contributed by atoms with E-state index in [1.54, 1.807) is 0 Å². The van der Waals surface area contributed by atoms with Crippen LogP contribution in [-0.2, 0) is 24.7 Å². The Kier molecular flexibility index (Phi) is 3.35. The molecule has 0 unspecified atom stereocenters. The highest BCUT2D eigenvalue weighted by Crippen LogP contribution is 2.34. The molecule has 20 heavy (non-hydrogen) atoms. The molecule has 0 saturated carbocycles. The number of hydrogen-bond donors (Lipinski definition) is 2. The predicted molar refractivity (Wildman–Crippen MR) is 81.4 cm³/mol. The smallest absolute Gasteiger partial charge is 0.228 e. The van der Waals surface area contributed by atoms with Gasteiger partial charge in [-0.05, 0) is 40.2 Å². The van der Waals surface area contributed by atoms with Crippen molar-refractivity contribution in [3.63, 3.8) is 0 Å². The number of hydrogen-bond acceptors (Lipinski definition) is 3. The van der Waals surface area contributed by atoms with E-state index in [1.807, 2.05) is 29.9 Å². The number of carbonyl (C=O) groups excluding carboxylic acids is 1. The molecule has 3 N–H and O–H groups in total. The fraction of sp³-hybridized carbons (Fsp3) is 0.286. The van der Waals surface area contributed by atoms with E-state index >= 15 is 0 Å². The Morgan fingerprint density at radius 2 is 2.30 bits per heavy atom. The van der Waals surface area contributed by atoms with Crippen LogP contribution in [0.4, 0.5) is 5.69 Å². The molecule has 0 bridgehead atoms. The summed E-state index contributed by atoms with van der Waals surface area (Å²) >= 11 is 3.61. The van der Waals surface area contributed by atoms with E-state index in [1.165, 1.54) is 0 Å². The van der Waals surface area contributed by atoms with E-state index in [9.17, 15) is 4.79 Å². The number of nitrogens with one attached hydrogen (secondary N) is 1. The molecule has 1 aliphatic rings. The first-order chi connectivity index (χ1) is 9.60. The lowest BCUT2D eigenvalue weighted by molar-refractivity contribution is -0.115. The van der Waals surface area contributed by atoms with Crippen LogP contribution in [0.1, 0.15) is 11.3 Å². The quantitative estimate of drug-likeness (QED) is 0.899. The first kappa shape index (κ1) is 13.3. The lowest BCUT2D eigenvalue weighted by Gasteiger charge is -2.06. The largest absolute Gasteiger partial charge is 0.330 e. The highest BCUT2D eigenvalue weighted by atomic mass is 79.9. The fourth-order valence-electron chi connectivity index (χ4n) is 2.54. The summed E-state index contributed by atoms with van der Waals surface area (Å²) in [6.45, 7) is 0.567. The maximum absolute atomic E-state index is 11.4. The molecule has 0 radical (unpaired) electrons. The van der Waals surface area contributed by atoms with Crippen LogP contribution in [0.3, 0.4) is 0 Å². The van der Waals surface area contributed by atoms with Gasteiger partial charge in [0.1, 0.15) is 0 Å². The summed E-state index contributed by atoms with van der Waals surface area (Å²) in [6, 6.07) is 5.98. The standard InChI is InChI=1S/C14H15BrN4O/c1-19-14(13(15)11(18-19)4-5-16)8-2-3-10-9(6-8)7-12(20)17-10/h2-3,6H,4-5,7,16H2,1H3,(H,17,20). The van der Waals surface area contributed by atoms with Crippen molar-refractivity contribution in [3.05, 3.63) is 33.9 Å². The topological polar surface area (TPSA) is 72.9 Å². The maximum atomic E-state index is 11.4. The zero-order valence-corrected chi connectivity index (χ0v) is 12.7. The number of halogens is 1. The number of aromatic nitrogens is 2. The molecule has 3 rings (SSSR count). The maximum Gasteiger partial charge on any atom is 0.228 e. The molecule has 104 valence electrons. The van der Waals surface area contributed by atoms with Gasteiger partial charge in [-0.25, -0.2) is 0 Å². The predicted octanol–water partition coefficient (Wildman–Crippen LogP) is 1.85. The minimum Gasteiger partial charge on any atom is -0.330 e. The Morgan fingerprint density at radius 3 is 3.05 bits per heavy atom. The molecular formula is C14H15BrN4O. The zero-order chi connectivity index (χ0) is 14.3. The van der Waals surface area contributed by atoms with Crippen molar-refractivity contribution in [2.45, 2.75) is 12.8 Å². The number of amides is 1. The van der Waals surface area contributed by atoms with Gasteiger partial charge in [0.25, 0.3) is 0 Å². The van der Waals surface area contributed by atoms with Gasteiger partial charge in [-0.15, -0.1) is 0 Å². The van der Waals surface area contributed by atoms with E-state index in [0.29, 0.717) is 13.0 Å². The number of fused-ring (bicyclic) bond motifs is 1. The Balaban J connectivity index is 2.06. The third-order valence-corrected chi connectivity index (χ3v) is 4.27. The molecule has 0 fully saturated rings. The van der Waals surface area contributed by atoms with Gasteiger partial charge in [-0.3, -0.25) is 9.48 Å². The second-order valence-corrected chi connectivity index (χ2v) is 5.66. The van der Waals surface area contributed by atoms with Crippen LogP contribution in [0.5, 0.6) is 0 Å². The summed E-state index contributed by atoms with van der Waals surface area (Å²) in [7, 11) is 1.91.